The molecule has 1 aromatic heterocycles. The molecule has 2 heterocycles. The summed E-state index contributed by atoms with van der Waals surface area (Å²) in [4.78, 5) is 14.4. The van der Waals surface area contributed by atoms with Gasteiger partial charge in [0.25, 0.3) is 0 Å². The molecule has 0 atom stereocenters. The number of nitrogens with zero attached hydrogens (tertiary/aromatic N) is 1. The van der Waals surface area contributed by atoms with E-state index in [4.69, 9.17) is 9.84 Å². The second kappa shape index (κ2) is 6.44. The van der Waals surface area contributed by atoms with Crippen molar-refractivity contribution in [2.24, 2.45) is 0 Å². The van der Waals surface area contributed by atoms with Gasteiger partial charge in [-0.15, -0.1) is 0 Å². The third-order valence-corrected chi connectivity index (χ3v) is 4.15. The number of alkyl halides is 1. The van der Waals surface area contributed by atoms with Crippen molar-refractivity contribution in [1.29, 1.82) is 0 Å². The van der Waals surface area contributed by atoms with Crippen molar-refractivity contribution < 1.29 is 32.2 Å². The molecule has 3 rings (SSSR count). The van der Waals surface area contributed by atoms with Crippen molar-refractivity contribution in [1.82, 2.24) is 4.98 Å². The van der Waals surface area contributed by atoms with Crippen molar-refractivity contribution in [3.05, 3.63) is 53.0 Å². The average Bonchev–Trinajstić information content (AvgIpc) is 2.56. The second-order valence-corrected chi connectivity index (χ2v) is 5.72. The Balaban J connectivity index is 2.10. The summed E-state index contributed by atoms with van der Waals surface area (Å²) >= 11 is 0. The van der Waals surface area contributed by atoms with E-state index in [9.17, 15) is 22.4 Å². The summed E-state index contributed by atoms with van der Waals surface area (Å²) in [5.41, 5.74) is -4.32. The number of halogens is 4. The number of carboxylic acids is 1. The molecule has 1 aliphatic rings. The van der Waals surface area contributed by atoms with Gasteiger partial charge in [-0.3, -0.25) is 0 Å². The highest BCUT2D eigenvalue weighted by molar-refractivity contribution is 5.86. The molecule has 132 valence electrons. The van der Waals surface area contributed by atoms with Crippen LogP contribution in [0.15, 0.2) is 24.3 Å². The first-order valence-electron chi connectivity index (χ1n) is 7.48. The maximum absolute atomic E-state index is 14.9. The number of carboxylic acid groups (broad SMARTS) is 1. The van der Waals surface area contributed by atoms with E-state index >= 15 is 0 Å². The zero-order chi connectivity index (χ0) is 18.2. The van der Waals surface area contributed by atoms with Gasteiger partial charge in [-0.05, 0) is 29.8 Å². The first-order valence-corrected chi connectivity index (χ1v) is 7.48. The van der Waals surface area contributed by atoms with E-state index in [1.165, 1.54) is 0 Å². The van der Waals surface area contributed by atoms with Gasteiger partial charge < -0.3 is 9.84 Å². The molecule has 0 unspecified atom stereocenters. The Morgan fingerprint density at radius 3 is 2.24 bits per heavy atom. The standard InChI is InChI=1S/C17H13F4NO3/c18-10-1-2-13(16(23)24)22-15(10)14-11(19)7-9(8-12(14)20)17(21)3-5-25-6-4-17/h1-2,7-8H,3-6H2,(H,23,24). The van der Waals surface area contributed by atoms with Crippen LogP contribution in [0.2, 0.25) is 0 Å². The molecular formula is C17H13F4NO3. The van der Waals surface area contributed by atoms with Crippen LogP contribution in [-0.4, -0.2) is 29.3 Å². The van der Waals surface area contributed by atoms with Crippen LogP contribution >= 0.6 is 0 Å². The number of ether oxygens (including phenoxy) is 1. The summed E-state index contributed by atoms with van der Waals surface area (Å²) in [6.07, 6.45) is -0.0985. The molecule has 0 amide bonds. The van der Waals surface area contributed by atoms with Crippen LogP contribution in [0.4, 0.5) is 17.6 Å². The van der Waals surface area contributed by atoms with Crippen molar-refractivity contribution in [2.45, 2.75) is 18.5 Å². The Hall–Kier alpha value is -2.48. The fourth-order valence-corrected chi connectivity index (χ4v) is 2.78. The first kappa shape index (κ1) is 17.3. The molecule has 1 saturated heterocycles. The maximum Gasteiger partial charge on any atom is 0.354 e. The Morgan fingerprint density at radius 2 is 1.68 bits per heavy atom. The summed E-state index contributed by atoms with van der Waals surface area (Å²) in [5, 5.41) is 8.90. The number of hydrogen-bond donors (Lipinski definition) is 1. The van der Waals surface area contributed by atoms with E-state index in [0.717, 1.165) is 24.3 Å². The van der Waals surface area contributed by atoms with Crippen LogP contribution in [0.25, 0.3) is 11.3 Å². The minimum absolute atomic E-state index is 0.0493. The number of aromatic carboxylic acids is 1. The number of pyridine rings is 1. The molecule has 0 saturated carbocycles. The molecule has 1 aliphatic heterocycles. The highest BCUT2D eigenvalue weighted by Crippen LogP contribution is 2.39. The summed E-state index contributed by atoms with van der Waals surface area (Å²) in [5.74, 6) is -4.99. The summed E-state index contributed by atoms with van der Waals surface area (Å²) in [7, 11) is 0. The first-order chi connectivity index (χ1) is 11.8. The lowest BCUT2D eigenvalue weighted by molar-refractivity contribution is -0.0117. The highest BCUT2D eigenvalue weighted by Gasteiger charge is 2.36. The zero-order valence-electron chi connectivity index (χ0n) is 12.9. The summed E-state index contributed by atoms with van der Waals surface area (Å²) in [6, 6.07) is 3.22. The summed E-state index contributed by atoms with van der Waals surface area (Å²) < 4.78 is 62.7. The zero-order valence-corrected chi connectivity index (χ0v) is 12.9. The van der Waals surface area contributed by atoms with Crippen LogP contribution in [0.5, 0.6) is 0 Å². The molecule has 25 heavy (non-hydrogen) atoms. The fraction of sp³-hybridized carbons (Fsp3) is 0.294. The van der Waals surface area contributed by atoms with Gasteiger partial charge in [0.05, 0.1) is 5.56 Å². The van der Waals surface area contributed by atoms with E-state index in [0.29, 0.717) is 0 Å². The number of carbonyl (C=O) groups is 1. The Kier molecular flexibility index (Phi) is 4.47. The molecule has 1 N–H and O–H groups in total. The molecule has 0 radical (unpaired) electrons. The van der Waals surface area contributed by atoms with Gasteiger partial charge in [-0.25, -0.2) is 27.3 Å². The lowest BCUT2D eigenvalue weighted by atomic mass is 9.87. The minimum Gasteiger partial charge on any atom is -0.477 e. The van der Waals surface area contributed by atoms with E-state index in [1.807, 2.05) is 0 Å². The van der Waals surface area contributed by atoms with E-state index in [2.05, 4.69) is 4.98 Å². The molecule has 2 aromatic rings. The monoisotopic (exact) mass is 355 g/mol. The molecule has 4 nitrogen and oxygen atoms in total. The topological polar surface area (TPSA) is 59.4 Å². The number of aromatic nitrogens is 1. The fourth-order valence-electron chi connectivity index (χ4n) is 2.78. The van der Waals surface area contributed by atoms with Gasteiger partial charge in [-0.1, -0.05) is 0 Å². The SMILES string of the molecule is O=C(O)c1ccc(F)c(-c2c(F)cc(C3(F)CCOCC3)cc2F)n1. The van der Waals surface area contributed by atoms with Crippen molar-refractivity contribution >= 4 is 5.97 Å². The molecule has 0 bridgehead atoms. The van der Waals surface area contributed by atoms with Crippen molar-refractivity contribution in [3.8, 4) is 11.3 Å². The molecule has 8 heteroatoms. The number of rotatable bonds is 3. The summed E-state index contributed by atoms with van der Waals surface area (Å²) in [6.45, 7) is 0.247. The average molecular weight is 355 g/mol. The number of hydrogen-bond acceptors (Lipinski definition) is 3. The van der Waals surface area contributed by atoms with Gasteiger partial charge in [0.1, 0.15) is 34.5 Å². The highest BCUT2D eigenvalue weighted by atomic mass is 19.1. The Bertz CT molecular complexity index is 812. The molecule has 0 aliphatic carbocycles. The molecule has 0 spiro atoms. The largest absolute Gasteiger partial charge is 0.477 e. The van der Waals surface area contributed by atoms with Crippen LogP contribution in [0.3, 0.4) is 0 Å². The lowest BCUT2D eigenvalue weighted by Crippen LogP contribution is -2.29. The third kappa shape index (κ3) is 3.21. The van der Waals surface area contributed by atoms with Gasteiger partial charge >= 0.3 is 5.97 Å². The molecule has 1 aromatic carbocycles. The van der Waals surface area contributed by atoms with Crippen LogP contribution < -0.4 is 0 Å². The van der Waals surface area contributed by atoms with Gasteiger partial charge in [-0.2, -0.15) is 0 Å². The predicted molar refractivity (Wildman–Crippen MR) is 79.3 cm³/mol. The maximum atomic E-state index is 14.9. The van der Waals surface area contributed by atoms with Crippen LogP contribution in [0, 0.1) is 17.5 Å². The smallest absolute Gasteiger partial charge is 0.354 e. The van der Waals surface area contributed by atoms with E-state index in [-0.39, 0.29) is 31.6 Å². The van der Waals surface area contributed by atoms with Crippen molar-refractivity contribution in [3.63, 3.8) is 0 Å². The van der Waals surface area contributed by atoms with Gasteiger partial charge in [0, 0.05) is 26.1 Å². The molecular weight excluding hydrogens is 342 g/mol. The van der Waals surface area contributed by atoms with Crippen molar-refractivity contribution in [2.75, 3.05) is 13.2 Å². The Labute approximate surface area is 140 Å². The van der Waals surface area contributed by atoms with Crippen LogP contribution in [0.1, 0.15) is 28.9 Å². The number of benzene rings is 1. The van der Waals surface area contributed by atoms with Gasteiger partial charge in [0.2, 0.25) is 0 Å². The predicted octanol–water partition coefficient (Wildman–Crippen LogP) is 3.84. The molecule has 1 fully saturated rings. The normalized spacial score (nSPS) is 16.6. The van der Waals surface area contributed by atoms with Gasteiger partial charge in [0.15, 0.2) is 0 Å². The van der Waals surface area contributed by atoms with E-state index in [1.54, 1.807) is 0 Å². The van der Waals surface area contributed by atoms with Crippen LogP contribution in [-0.2, 0) is 10.4 Å². The second-order valence-electron chi connectivity index (χ2n) is 5.72. The quantitative estimate of drug-likeness (QED) is 0.850. The Morgan fingerprint density at radius 1 is 1.08 bits per heavy atom. The lowest BCUT2D eigenvalue weighted by Gasteiger charge is -2.30. The van der Waals surface area contributed by atoms with E-state index < -0.39 is 46.0 Å². The minimum atomic E-state index is -1.94. The third-order valence-electron chi connectivity index (χ3n) is 4.15.